The molecule has 0 saturated carbocycles. The maximum atomic E-state index is 15.1. The average Bonchev–Trinajstić information content (AvgIpc) is 3.36. The first-order chi connectivity index (χ1) is 17.0. The molecule has 186 valence electrons. The summed E-state index contributed by atoms with van der Waals surface area (Å²) in [5.41, 5.74) is 1.96. The molecule has 1 unspecified atom stereocenters. The van der Waals surface area contributed by atoms with Crippen molar-refractivity contribution in [2.75, 3.05) is 24.5 Å². The summed E-state index contributed by atoms with van der Waals surface area (Å²) in [6, 6.07) is 14.6. The molecule has 1 N–H and O–H groups in total. The summed E-state index contributed by atoms with van der Waals surface area (Å²) in [6.45, 7) is 1.78. The van der Waals surface area contributed by atoms with Gasteiger partial charge in [-0.3, -0.25) is 0 Å². The van der Waals surface area contributed by atoms with Crippen LogP contribution in [0.15, 0.2) is 54.9 Å². The summed E-state index contributed by atoms with van der Waals surface area (Å²) in [5, 5.41) is 16.7. The first kappa shape index (κ1) is 23.9. The van der Waals surface area contributed by atoms with Crippen LogP contribution in [0.4, 0.5) is 10.1 Å². The number of halogens is 1. The number of aliphatic hydroxyl groups excluding tert-OH is 1. The second-order valence-electron chi connectivity index (χ2n) is 9.23. The number of anilines is 1. The summed E-state index contributed by atoms with van der Waals surface area (Å²) in [6.07, 6.45) is 4.65. The van der Waals surface area contributed by atoms with Gasteiger partial charge in [0.25, 0.3) is 0 Å². The molecule has 2 fully saturated rings. The lowest BCUT2D eigenvalue weighted by molar-refractivity contribution is 0.255. The molecule has 0 aliphatic carbocycles. The van der Waals surface area contributed by atoms with E-state index in [2.05, 4.69) is 15.1 Å². The van der Waals surface area contributed by atoms with Gasteiger partial charge in [0.05, 0.1) is 0 Å². The van der Waals surface area contributed by atoms with Crippen LogP contribution >= 0.6 is 0 Å². The molecule has 35 heavy (non-hydrogen) atoms. The van der Waals surface area contributed by atoms with Crippen LogP contribution in [-0.4, -0.2) is 52.2 Å². The number of piperidine rings is 1. The summed E-state index contributed by atoms with van der Waals surface area (Å²) < 4.78 is 45.1. The Morgan fingerprint density at radius 3 is 2.51 bits per heavy atom. The Labute approximate surface area is 205 Å². The Balaban J connectivity index is 1.26. The number of sulfonamides is 1. The monoisotopic (exact) mass is 499 g/mol. The number of nitrogens with zero attached hydrogens (tertiary/aromatic N) is 5. The van der Waals surface area contributed by atoms with Gasteiger partial charge < -0.3 is 14.6 Å². The molecule has 0 spiro atoms. The fourth-order valence-corrected chi connectivity index (χ4v) is 7.25. The highest BCUT2D eigenvalue weighted by Gasteiger charge is 2.37. The minimum absolute atomic E-state index is 0.0391. The van der Waals surface area contributed by atoms with Gasteiger partial charge in [-0.1, -0.05) is 36.4 Å². The molecule has 3 aromatic rings. The van der Waals surface area contributed by atoms with Gasteiger partial charge in [-0.25, -0.2) is 12.8 Å². The quantitative estimate of drug-likeness (QED) is 0.559. The van der Waals surface area contributed by atoms with E-state index in [-0.39, 0.29) is 25.0 Å². The molecule has 0 bridgehead atoms. The zero-order chi connectivity index (χ0) is 24.4. The van der Waals surface area contributed by atoms with Crippen molar-refractivity contribution in [3.8, 4) is 0 Å². The SMILES string of the molecule is O=S1(=O)C(c2ccccc2)CCCN1Cc1ccc(N2CCC(n3cnnc3CO)CC2)cc1F. The van der Waals surface area contributed by atoms with E-state index >= 15 is 4.39 Å². The van der Waals surface area contributed by atoms with Crippen LogP contribution in [0.2, 0.25) is 0 Å². The van der Waals surface area contributed by atoms with Crippen molar-refractivity contribution in [1.29, 1.82) is 0 Å². The summed E-state index contributed by atoms with van der Waals surface area (Å²) in [4.78, 5) is 2.13. The third-order valence-electron chi connectivity index (χ3n) is 7.16. The van der Waals surface area contributed by atoms with E-state index in [1.54, 1.807) is 12.4 Å². The Kier molecular flexibility index (Phi) is 6.86. The second-order valence-corrected chi connectivity index (χ2v) is 11.3. The number of aromatic nitrogens is 3. The van der Waals surface area contributed by atoms with E-state index in [0.29, 0.717) is 24.4 Å². The largest absolute Gasteiger partial charge is 0.388 e. The van der Waals surface area contributed by atoms with Crippen molar-refractivity contribution in [1.82, 2.24) is 19.1 Å². The van der Waals surface area contributed by atoms with Gasteiger partial charge in [-0.15, -0.1) is 10.2 Å². The van der Waals surface area contributed by atoms with Crippen LogP contribution in [0.3, 0.4) is 0 Å². The summed E-state index contributed by atoms with van der Waals surface area (Å²) in [7, 11) is -3.57. The molecule has 0 amide bonds. The summed E-state index contributed by atoms with van der Waals surface area (Å²) in [5.74, 6) is 0.170. The smallest absolute Gasteiger partial charge is 0.221 e. The Hall–Kier alpha value is -2.82. The van der Waals surface area contributed by atoms with Crippen LogP contribution in [0.1, 0.15) is 53.9 Å². The van der Waals surface area contributed by atoms with Crippen molar-refractivity contribution in [2.45, 2.75) is 50.1 Å². The highest BCUT2D eigenvalue weighted by atomic mass is 32.2. The van der Waals surface area contributed by atoms with Crippen LogP contribution in [-0.2, 0) is 23.2 Å². The van der Waals surface area contributed by atoms with E-state index in [4.69, 9.17) is 0 Å². The predicted octanol–water partition coefficient (Wildman–Crippen LogP) is 3.42. The van der Waals surface area contributed by atoms with Crippen molar-refractivity contribution in [3.63, 3.8) is 0 Å². The fourth-order valence-electron chi connectivity index (χ4n) is 5.22. The van der Waals surface area contributed by atoms with E-state index in [9.17, 15) is 13.5 Å². The Morgan fingerprint density at radius 2 is 1.80 bits per heavy atom. The zero-order valence-electron chi connectivity index (χ0n) is 19.5. The van der Waals surface area contributed by atoms with E-state index in [1.807, 2.05) is 41.0 Å². The topological polar surface area (TPSA) is 91.6 Å². The standard InChI is InChI=1S/C25H30FN5O3S/c26-23-15-22(29-13-10-21(11-14-29)31-18-27-28-25(31)17-32)9-8-20(23)16-30-12-4-7-24(35(30,33)34)19-5-2-1-3-6-19/h1-3,5-6,8-9,15,18,21,24,32H,4,7,10-14,16-17H2. The third kappa shape index (κ3) is 4.82. The fraction of sp³-hybridized carbons (Fsp3) is 0.440. The Morgan fingerprint density at radius 1 is 1.03 bits per heavy atom. The zero-order valence-corrected chi connectivity index (χ0v) is 20.3. The molecule has 8 nitrogen and oxygen atoms in total. The maximum absolute atomic E-state index is 15.1. The lowest BCUT2D eigenvalue weighted by Crippen LogP contribution is -2.39. The van der Waals surface area contributed by atoms with Crippen LogP contribution < -0.4 is 4.90 Å². The van der Waals surface area contributed by atoms with Gasteiger partial charge in [0.2, 0.25) is 10.0 Å². The molecule has 3 heterocycles. The van der Waals surface area contributed by atoms with Gasteiger partial charge >= 0.3 is 0 Å². The molecule has 0 radical (unpaired) electrons. The molecular formula is C25H30FN5O3S. The van der Waals surface area contributed by atoms with Gasteiger partial charge in [-0.2, -0.15) is 4.31 Å². The van der Waals surface area contributed by atoms with Gasteiger partial charge in [0.15, 0.2) is 5.82 Å². The van der Waals surface area contributed by atoms with Gasteiger partial charge in [0.1, 0.15) is 24.0 Å². The van der Waals surface area contributed by atoms with Crippen LogP contribution in [0.5, 0.6) is 0 Å². The van der Waals surface area contributed by atoms with E-state index in [0.717, 1.165) is 43.6 Å². The predicted molar refractivity (Wildman–Crippen MR) is 131 cm³/mol. The number of aliphatic hydroxyl groups is 1. The lowest BCUT2D eigenvalue weighted by Gasteiger charge is -2.35. The number of hydrogen-bond acceptors (Lipinski definition) is 6. The highest BCUT2D eigenvalue weighted by molar-refractivity contribution is 7.89. The first-order valence-electron chi connectivity index (χ1n) is 12.0. The molecule has 1 aromatic heterocycles. The molecule has 2 aliphatic heterocycles. The van der Waals surface area contributed by atoms with Crippen molar-refractivity contribution < 1.29 is 17.9 Å². The second kappa shape index (κ2) is 10.0. The van der Waals surface area contributed by atoms with E-state index in [1.165, 1.54) is 10.4 Å². The van der Waals surface area contributed by atoms with Gasteiger partial charge in [-0.05, 0) is 43.4 Å². The molecule has 2 aliphatic rings. The summed E-state index contributed by atoms with van der Waals surface area (Å²) >= 11 is 0. The first-order valence-corrected chi connectivity index (χ1v) is 13.5. The minimum Gasteiger partial charge on any atom is -0.388 e. The minimum atomic E-state index is -3.57. The molecular weight excluding hydrogens is 469 g/mol. The molecule has 10 heteroatoms. The van der Waals surface area contributed by atoms with Gasteiger partial charge in [0, 0.05) is 43.5 Å². The third-order valence-corrected chi connectivity index (χ3v) is 9.42. The number of hydrogen-bond donors (Lipinski definition) is 1. The van der Waals surface area contributed by atoms with Crippen molar-refractivity contribution in [2.24, 2.45) is 0 Å². The van der Waals surface area contributed by atoms with Crippen molar-refractivity contribution >= 4 is 15.7 Å². The van der Waals surface area contributed by atoms with Crippen molar-refractivity contribution in [3.05, 3.63) is 77.6 Å². The average molecular weight is 500 g/mol. The van der Waals surface area contributed by atoms with Crippen LogP contribution in [0, 0.1) is 5.82 Å². The molecule has 2 saturated heterocycles. The highest BCUT2D eigenvalue weighted by Crippen LogP contribution is 2.36. The molecule has 2 aromatic carbocycles. The number of rotatable bonds is 6. The molecule has 5 rings (SSSR count). The Bertz CT molecular complexity index is 1260. The lowest BCUT2D eigenvalue weighted by atomic mass is 10.0. The maximum Gasteiger partial charge on any atom is 0.221 e. The number of benzene rings is 2. The van der Waals surface area contributed by atoms with E-state index < -0.39 is 15.3 Å². The molecule has 1 atom stereocenters. The van der Waals surface area contributed by atoms with Crippen LogP contribution in [0.25, 0.3) is 0 Å². The normalized spacial score (nSPS) is 21.3.